The van der Waals surface area contributed by atoms with E-state index in [1.54, 1.807) is 29.2 Å². The molecule has 2 aliphatic carbocycles. The number of aliphatic hydroxyl groups is 1. The van der Waals surface area contributed by atoms with E-state index in [4.69, 9.17) is 3.07 Å². The number of allylic oxidation sites excluding steroid dienone is 4. The van der Waals surface area contributed by atoms with Crippen LogP contribution in [0.2, 0.25) is 0 Å². The number of ketones is 2. The van der Waals surface area contributed by atoms with E-state index in [0.29, 0.717) is 50.1 Å². The number of hydrogen-bond acceptors (Lipinski definition) is 8. The number of aryl methyl sites for hydroxylation is 4. The van der Waals surface area contributed by atoms with Crippen molar-refractivity contribution in [3.8, 4) is 22.6 Å². The maximum atomic E-state index is 14.2. The van der Waals surface area contributed by atoms with E-state index in [0.717, 1.165) is 22.5 Å². The van der Waals surface area contributed by atoms with Gasteiger partial charge in [0.1, 0.15) is 11.5 Å². The van der Waals surface area contributed by atoms with Gasteiger partial charge in [0.15, 0.2) is 34.5 Å². The minimum absolute atomic E-state index is 0.0751. The van der Waals surface area contributed by atoms with Gasteiger partial charge in [0.25, 0.3) is 0 Å². The van der Waals surface area contributed by atoms with Crippen LogP contribution >= 0.6 is 23.0 Å². The zero-order valence-corrected chi connectivity index (χ0v) is 33.2. The van der Waals surface area contributed by atoms with Crippen LogP contribution in [0.25, 0.3) is 33.4 Å². The number of anilines is 2. The van der Waals surface area contributed by atoms with E-state index in [1.165, 1.54) is 6.20 Å². The molecule has 0 saturated heterocycles. The van der Waals surface area contributed by atoms with Gasteiger partial charge in [-0.05, 0) is 85.0 Å². The zero-order valence-electron chi connectivity index (χ0n) is 31.0. The van der Waals surface area contributed by atoms with Crippen molar-refractivity contribution < 1.29 is 28.0 Å². The lowest BCUT2D eigenvalue weighted by atomic mass is 9.75. The Hall–Kier alpha value is -5.29. The summed E-state index contributed by atoms with van der Waals surface area (Å²) in [6, 6.07) is 19.0. The molecule has 0 unspecified atom stereocenters. The number of para-hydroxylation sites is 2. The standard InChI is InChI=1S/C44H43IN2O6/c1-21(2)33-27-17-25(7)35(41(50)37(27)29(39(48)43(33)52)19-46-31-15-11-9-13-23(31)5)36-26(8)18-28-34(22(3)4)44(53-45)40(49)30(38(28)42(36)51)20-47-32-16-12-10-14-24(32)6/h9-22,46-47,50-52H,1-8H3/b29-19-,30-20-. The van der Waals surface area contributed by atoms with Crippen molar-refractivity contribution in [2.75, 3.05) is 10.6 Å². The van der Waals surface area contributed by atoms with Gasteiger partial charge in [0, 0.05) is 57.2 Å². The number of aromatic hydroxyl groups is 2. The molecule has 53 heavy (non-hydrogen) atoms. The van der Waals surface area contributed by atoms with E-state index < -0.39 is 11.6 Å². The summed E-state index contributed by atoms with van der Waals surface area (Å²) in [7, 11) is 0. The molecule has 4 aromatic carbocycles. The Balaban J connectivity index is 1.65. The Morgan fingerprint density at radius 3 is 1.43 bits per heavy atom. The number of Topliss-reactive ketones (excluding diaryl/α,β-unsaturated/α-hetero) is 2. The molecule has 0 spiro atoms. The molecule has 0 atom stereocenters. The number of benzene rings is 4. The number of phenols is 2. The highest BCUT2D eigenvalue weighted by Gasteiger charge is 2.39. The molecule has 0 amide bonds. The van der Waals surface area contributed by atoms with Gasteiger partial charge in [-0.2, -0.15) is 0 Å². The number of nitrogens with one attached hydrogen (secondary N) is 2. The molecule has 5 N–H and O–H groups in total. The average molecular weight is 823 g/mol. The van der Waals surface area contributed by atoms with Crippen LogP contribution in [0.5, 0.6) is 11.5 Å². The van der Waals surface area contributed by atoms with Crippen molar-refractivity contribution in [3.05, 3.63) is 129 Å². The van der Waals surface area contributed by atoms with Crippen LogP contribution < -0.4 is 10.6 Å². The first kappa shape index (κ1) is 37.5. The maximum Gasteiger partial charge on any atom is 0.231 e. The molecule has 0 heterocycles. The van der Waals surface area contributed by atoms with E-state index in [-0.39, 0.29) is 51.6 Å². The highest BCUT2D eigenvalue weighted by atomic mass is 127. The molecule has 0 aromatic heterocycles. The van der Waals surface area contributed by atoms with E-state index in [9.17, 15) is 24.9 Å². The third kappa shape index (κ3) is 6.41. The second-order valence-electron chi connectivity index (χ2n) is 14.3. The number of fused-ring (bicyclic) bond motifs is 2. The van der Waals surface area contributed by atoms with Gasteiger partial charge >= 0.3 is 0 Å². The maximum absolute atomic E-state index is 14.2. The third-order valence-electron chi connectivity index (χ3n) is 10.0. The first-order valence-corrected chi connectivity index (χ1v) is 18.4. The van der Waals surface area contributed by atoms with Gasteiger partial charge in [-0.25, -0.2) is 0 Å². The summed E-state index contributed by atoms with van der Waals surface area (Å²) in [6.45, 7) is 15.2. The lowest BCUT2D eigenvalue weighted by molar-refractivity contribution is -0.113. The van der Waals surface area contributed by atoms with E-state index >= 15 is 0 Å². The summed E-state index contributed by atoms with van der Waals surface area (Å²) in [4.78, 5) is 28.2. The van der Waals surface area contributed by atoms with Crippen molar-refractivity contribution in [2.45, 2.75) is 55.4 Å². The molecule has 0 radical (unpaired) electrons. The number of halogens is 1. The quantitative estimate of drug-likeness (QED) is 0.0878. The van der Waals surface area contributed by atoms with Crippen LogP contribution in [0.15, 0.2) is 84.6 Å². The largest absolute Gasteiger partial charge is 0.507 e. The highest BCUT2D eigenvalue weighted by molar-refractivity contribution is 14.1. The average Bonchev–Trinajstić information content (AvgIpc) is 3.10. The molecule has 9 heteroatoms. The fraction of sp³-hybridized carbons (Fsp3) is 0.227. The van der Waals surface area contributed by atoms with Gasteiger partial charge in [-0.3, -0.25) is 9.59 Å². The monoisotopic (exact) mass is 822 g/mol. The summed E-state index contributed by atoms with van der Waals surface area (Å²) < 4.78 is 5.70. The molecular weight excluding hydrogens is 779 g/mol. The highest BCUT2D eigenvalue weighted by Crippen LogP contribution is 2.54. The molecule has 0 aliphatic heterocycles. The Bertz CT molecular complexity index is 2340. The van der Waals surface area contributed by atoms with Crippen LogP contribution in [-0.4, -0.2) is 26.9 Å². The predicted octanol–water partition coefficient (Wildman–Crippen LogP) is 10.7. The predicted molar refractivity (Wildman–Crippen MR) is 222 cm³/mol. The molecular formula is C44H43IN2O6. The first-order valence-electron chi connectivity index (χ1n) is 17.5. The fourth-order valence-electron chi connectivity index (χ4n) is 7.45. The number of aliphatic hydroxyl groups excluding tert-OH is 1. The fourth-order valence-corrected chi connectivity index (χ4v) is 7.89. The molecule has 4 aromatic rings. The van der Waals surface area contributed by atoms with E-state index in [1.807, 2.05) is 116 Å². The third-order valence-corrected chi connectivity index (χ3v) is 10.5. The van der Waals surface area contributed by atoms with Gasteiger partial charge in [0.05, 0.1) is 11.1 Å². The van der Waals surface area contributed by atoms with Crippen LogP contribution in [-0.2, 0) is 12.7 Å². The Kier molecular flexibility index (Phi) is 10.3. The zero-order chi connectivity index (χ0) is 38.5. The smallest absolute Gasteiger partial charge is 0.231 e. The number of phenolic OH excluding ortho intramolecular Hbond substituents is 2. The van der Waals surface area contributed by atoms with Crippen molar-refractivity contribution in [1.29, 1.82) is 0 Å². The first-order chi connectivity index (χ1) is 25.2. The molecule has 6 rings (SSSR count). The molecule has 0 fully saturated rings. The van der Waals surface area contributed by atoms with Crippen LogP contribution in [0.1, 0.15) is 72.2 Å². The van der Waals surface area contributed by atoms with Crippen LogP contribution in [0.3, 0.4) is 0 Å². The second kappa shape index (κ2) is 14.6. The topological polar surface area (TPSA) is 128 Å². The Morgan fingerprint density at radius 1 is 0.604 bits per heavy atom. The van der Waals surface area contributed by atoms with Gasteiger partial charge in [-0.1, -0.05) is 76.2 Å². The number of hydrogen-bond donors (Lipinski definition) is 5. The molecule has 8 nitrogen and oxygen atoms in total. The molecule has 2 aliphatic rings. The van der Waals surface area contributed by atoms with E-state index in [2.05, 4.69) is 10.6 Å². The van der Waals surface area contributed by atoms with Crippen molar-refractivity contribution in [2.24, 2.45) is 11.8 Å². The second-order valence-corrected chi connectivity index (χ2v) is 14.7. The summed E-state index contributed by atoms with van der Waals surface area (Å²) in [5.74, 6) is -2.01. The lowest BCUT2D eigenvalue weighted by Crippen LogP contribution is -2.20. The van der Waals surface area contributed by atoms with Gasteiger partial charge in [-0.15, -0.1) is 0 Å². The van der Waals surface area contributed by atoms with Gasteiger partial charge in [0.2, 0.25) is 11.6 Å². The number of carbonyl (C=O) groups excluding carboxylic acids is 2. The van der Waals surface area contributed by atoms with Crippen molar-refractivity contribution >= 4 is 68.2 Å². The van der Waals surface area contributed by atoms with Crippen molar-refractivity contribution in [3.63, 3.8) is 0 Å². The normalized spacial score (nSPS) is 15.8. The van der Waals surface area contributed by atoms with Crippen LogP contribution in [0.4, 0.5) is 11.4 Å². The molecule has 0 saturated carbocycles. The number of carbonyl (C=O) groups is 2. The summed E-state index contributed by atoms with van der Waals surface area (Å²) in [5.41, 5.74) is 8.41. The van der Waals surface area contributed by atoms with Gasteiger partial charge < -0.3 is 29.0 Å². The van der Waals surface area contributed by atoms with Crippen molar-refractivity contribution in [1.82, 2.24) is 0 Å². The number of rotatable bonds is 8. The summed E-state index contributed by atoms with van der Waals surface area (Å²) in [6.07, 6.45) is 3.10. The summed E-state index contributed by atoms with van der Waals surface area (Å²) >= 11 is 1.73. The van der Waals surface area contributed by atoms with Crippen LogP contribution in [0, 0.1) is 39.5 Å². The minimum atomic E-state index is -0.630. The minimum Gasteiger partial charge on any atom is -0.507 e. The Labute approximate surface area is 324 Å². The molecule has 272 valence electrons. The lowest BCUT2D eigenvalue weighted by Gasteiger charge is -2.30. The Morgan fingerprint density at radius 2 is 1.02 bits per heavy atom. The SMILES string of the molecule is Cc1ccccc1N/C=C1\C(=O)C(O)=C(C(C)C)c2cc(C)c(-c3c(C)cc4c(c3O)/C(=C/Nc3ccccc3C)C(=O)C(OI)=C4C(C)C)c(O)c21. The molecule has 0 bridgehead atoms. The summed E-state index contributed by atoms with van der Waals surface area (Å²) in [5, 5.41) is 42.6.